The van der Waals surface area contributed by atoms with Gasteiger partial charge >= 0.3 is 12.0 Å². The Morgan fingerprint density at radius 1 is 1.12 bits per heavy atom. The van der Waals surface area contributed by atoms with Gasteiger partial charge in [-0.25, -0.2) is 9.48 Å². The fourth-order valence-corrected chi connectivity index (χ4v) is 3.14. The highest BCUT2D eigenvalue weighted by molar-refractivity contribution is 5.88. The minimum Gasteiger partial charge on any atom is -0.481 e. The van der Waals surface area contributed by atoms with Crippen LogP contribution in [0.5, 0.6) is 0 Å². The highest BCUT2D eigenvalue weighted by Gasteiger charge is 2.35. The van der Waals surface area contributed by atoms with Crippen molar-refractivity contribution in [3.63, 3.8) is 0 Å². The number of nitrogens with one attached hydrogen (secondary N) is 2. The molecule has 1 aliphatic carbocycles. The molecule has 1 aromatic carbocycles. The summed E-state index contributed by atoms with van der Waals surface area (Å²) < 4.78 is 1.79. The zero-order valence-corrected chi connectivity index (χ0v) is 14.5. The van der Waals surface area contributed by atoms with Crippen LogP contribution in [-0.2, 0) is 4.79 Å². The molecular weight excluding hydrogens is 320 g/mol. The summed E-state index contributed by atoms with van der Waals surface area (Å²) in [6.45, 7) is 5.99. The lowest BCUT2D eigenvalue weighted by Crippen LogP contribution is -2.48. The van der Waals surface area contributed by atoms with Crippen LogP contribution in [0.4, 0.5) is 10.6 Å². The monoisotopic (exact) mass is 342 g/mol. The van der Waals surface area contributed by atoms with E-state index in [9.17, 15) is 9.59 Å². The maximum atomic E-state index is 12.0. The maximum Gasteiger partial charge on any atom is 0.320 e. The number of urea groups is 1. The van der Waals surface area contributed by atoms with E-state index in [2.05, 4.69) is 21.8 Å². The first-order valence-electron chi connectivity index (χ1n) is 8.27. The molecule has 3 N–H and O–H groups in total. The lowest BCUT2D eigenvalue weighted by atomic mass is 9.80. The molecule has 7 nitrogen and oxygen atoms in total. The minimum absolute atomic E-state index is 0.0938. The average molecular weight is 342 g/mol. The number of aromatic nitrogens is 2. The number of anilines is 1. The van der Waals surface area contributed by atoms with Crippen LogP contribution in [0.3, 0.4) is 0 Å². The minimum atomic E-state index is -0.804. The highest BCUT2D eigenvalue weighted by Crippen LogP contribution is 2.27. The van der Waals surface area contributed by atoms with Gasteiger partial charge in [-0.3, -0.25) is 10.1 Å². The smallest absolute Gasteiger partial charge is 0.320 e. The van der Waals surface area contributed by atoms with E-state index >= 15 is 0 Å². The van der Waals surface area contributed by atoms with Crippen LogP contribution < -0.4 is 10.6 Å². The second-order valence-corrected chi connectivity index (χ2v) is 6.73. The Balaban J connectivity index is 1.64. The first kappa shape index (κ1) is 17.0. The van der Waals surface area contributed by atoms with Gasteiger partial charge < -0.3 is 10.4 Å². The number of aliphatic carboxylic acids is 1. The topological polar surface area (TPSA) is 96.3 Å². The molecule has 2 amide bonds. The number of rotatable bonds is 4. The Hall–Kier alpha value is -2.83. The predicted molar refractivity (Wildman–Crippen MR) is 94.1 cm³/mol. The van der Waals surface area contributed by atoms with Crippen molar-refractivity contribution in [1.29, 1.82) is 0 Å². The van der Waals surface area contributed by atoms with Crippen molar-refractivity contribution in [2.75, 3.05) is 5.32 Å². The van der Waals surface area contributed by atoms with Crippen LogP contribution in [0.1, 0.15) is 29.7 Å². The number of nitrogens with zero attached hydrogens (tertiary/aromatic N) is 2. The molecule has 0 atom stereocenters. The molecule has 1 saturated carbocycles. The molecule has 0 saturated heterocycles. The number of carbonyl (C=O) groups is 2. The van der Waals surface area contributed by atoms with Crippen LogP contribution >= 0.6 is 0 Å². The van der Waals surface area contributed by atoms with Crippen molar-refractivity contribution in [2.24, 2.45) is 5.92 Å². The summed E-state index contributed by atoms with van der Waals surface area (Å²) >= 11 is 0. The van der Waals surface area contributed by atoms with Gasteiger partial charge in [0.1, 0.15) is 0 Å². The molecule has 1 heterocycles. The van der Waals surface area contributed by atoms with Gasteiger partial charge in [-0.1, -0.05) is 6.07 Å². The van der Waals surface area contributed by atoms with Crippen molar-refractivity contribution < 1.29 is 14.7 Å². The van der Waals surface area contributed by atoms with Gasteiger partial charge in [0.15, 0.2) is 5.82 Å². The third-order valence-electron chi connectivity index (χ3n) is 4.40. The second-order valence-electron chi connectivity index (χ2n) is 6.73. The standard InChI is InChI=1S/C18H22N4O3/c1-10-4-11(2)6-15(5-10)22-12(3)7-16(21-22)20-18(25)19-14-8-13(9-14)17(23)24/h4-7,13-14H,8-9H2,1-3H3,(H,23,24)(H2,19,20,21,25). The first-order valence-corrected chi connectivity index (χ1v) is 8.27. The molecular formula is C18H22N4O3. The summed E-state index contributed by atoms with van der Waals surface area (Å²) in [4.78, 5) is 22.8. The second kappa shape index (κ2) is 6.58. The molecule has 1 fully saturated rings. The number of amides is 2. The van der Waals surface area contributed by atoms with Crippen molar-refractivity contribution in [3.05, 3.63) is 41.1 Å². The fourth-order valence-electron chi connectivity index (χ4n) is 3.14. The van der Waals surface area contributed by atoms with Crippen LogP contribution in [0, 0.1) is 26.7 Å². The molecule has 0 bridgehead atoms. The molecule has 0 spiro atoms. The summed E-state index contributed by atoms with van der Waals surface area (Å²) in [5.41, 5.74) is 4.16. The van der Waals surface area contributed by atoms with Gasteiger partial charge in [0.2, 0.25) is 0 Å². The summed E-state index contributed by atoms with van der Waals surface area (Å²) in [6, 6.07) is 7.52. The molecule has 3 rings (SSSR count). The normalized spacial score (nSPS) is 19.2. The number of carboxylic acid groups (broad SMARTS) is 1. The fraction of sp³-hybridized carbons (Fsp3) is 0.389. The van der Waals surface area contributed by atoms with Crippen LogP contribution in [0.15, 0.2) is 24.3 Å². The third-order valence-corrected chi connectivity index (χ3v) is 4.40. The van der Waals surface area contributed by atoms with E-state index in [-0.39, 0.29) is 18.0 Å². The summed E-state index contributed by atoms with van der Waals surface area (Å²) in [6.07, 6.45) is 0.942. The molecule has 0 unspecified atom stereocenters. The largest absolute Gasteiger partial charge is 0.481 e. The number of benzene rings is 1. The first-order chi connectivity index (χ1) is 11.8. The molecule has 25 heavy (non-hydrogen) atoms. The highest BCUT2D eigenvalue weighted by atomic mass is 16.4. The molecule has 2 aromatic rings. The van der Waals surface area contributed by atoms with Gasteiger partial charge in [0.05, 0.1) is 11.6 Å². The van der Waals surface area contributed by atoms with Gasteiger partial charge in [-0.15, -0.1) is 5.10 Å². The zero-order valence-electron chi connectivity index (χ0n) is 14.5. The van der Waals surface area contributed by atoms with Gasteiger partial charge in [0.25, 0.3) is 0 Å². The number of carboxylic acids is 1. The number of aryl methyl sites for hydroxylation is 3. The summed E-state index contributed by atoms with van der Waals surface area (Å²) in [5.74, 6) is -0.694. The Morgan fingerprint density at radius 3 is 2.36 bits per heavy atom. The van der Waals surface area contributed by atoms with E-state index in [1.807, 2.05) is 32.9 Å². The maximum absolute atomic E-state index is 12.0. The van der Waals surface area contributed by atoms with E-state index in [0.717, 1.165) is 22.5 Å². The average Bonchev–Trinajstić information content (AvgIpc) is 2.81. The van der Waals surface area contributed by atoms with Gasteiger partial charge in [-0.2, -0.15) is 0 Å². The molecule has 0 radical (unpaired) electrons. The van der Waals surface area contributed by atoms with Crippen molar-refractivity contribution >= 4 is 17.8 Å². The van der Waals surface area contributed by atoms with Crippen molar-refractivity contribution in [3.8, 4) is 5.69 Å². The van der Waals surface area contributed by atoms with Crippen LogP contribution in [0.2, 0.25) is 0 Å². The molecule has 0 aliphatic heterocycles. The molecule has 132 valence electrons. The van der Waals surface area contributed by atoms with Crippen molar-refractivity contribution in [2.45, 2.75) is 39.7 Å². The van der Waals surface area contributed by atoms with E-state index in [1.165, 1.54) is 0 Å². The third kappa shape index (κ3) is 3.81. The van der Waals surface area contributed by atoms with Gasteiger partial charge in [-0.05, 0) is 56.9 Å². The number of hydrogen-bond donors (Lipinski definition) is 3. The SMILES string of the molecule is Cc1cc(C)cc(-n2nc(NC(=O)NC3CC(C(=O)O)C3)cc2C)c1. The Kier molecular flexibility index (Phi) is 4.48. The Labute approximate surface area is 146 Å². The number of carbonyl (C=O) groups excluding carboxylic acids is 1. The van der Waals surface area contributed by atoms with Crippen LogP contribution in [-0.4, -0.2) is 32.9 Å². The zero-order chi connectivity index (χ0) is 18.1. The predicted octanol–water partition coefficient (Wildman–Crippen LogP) is 2.78. The molecule has 1 aromatic heterocycles. The molecule has 7 heteroatoms. The Morgan fingerprint density at radius 2 is 1.76 bits per heavy atom. The lowest BCUT2D eigenvalue weighted by molar-refractivity contribution is -0.145. The van der Waals surface area contributed by atoms with Crippen molar-refractivity contribution in [1.82, 2.24) is 15.1 Å². The van der Waals surface area contributed by atoms with E-state index in [4.69, 9.17) is 5.11 Å². The van der Waals surface area contributed by atoms with E-state index in [0.29, 0.717) is 18.7 Å². The van der Waals surface area contributed by atoms with E-state index in [1.54, 1.807) is 10.7 Å². The summed E-state index contributed by atoms with van der Waals surface area (Å²) in [5, 5.41) is 18.8. The Bertz CT molecular complexity index is 801. The molecule has 1 aliphatic rings. The quantitative estimate of drug-likeness (QED) is 0.796. The summed E-state index contributed by atoms with van der Waals surface area (Å²) in [7, 11) is 0. The number of hydrogen-bond acceptors (Lipinski definition) is 3. The van der Waals surface area contributed by atoms with E-state index < -0.39 is 5.97 Å². The lowest BCUT2D eigenvalue weighted by Gasteiger charge is -2.32. The van der Waals surface area contributed by atoms with Gasteiger partial charge in [0, 0.05) is 17.8 Å². The van der Waals surface area contributed by atoms with Crippen LogP contribution in [0.25, 0.3) is 5.69 Å².